The van der Waals surface area contributed by atoms with Gasteiger partial charge in [0.2, 0.25) is 11.8 Å². The molecule has 16 heavy (non-hydrogen) atoms. The highest BCUT2D eigenvalue weighted by Gasteiger charge is 2.07. The van der Waals surface area contributed by atoms with Crippen LogP contribution in [0.4, 0.5) is 0 Å². The average Bonchev–Trinajstić information content (AvgIpc) is 2.61. The van der Waals surface area contributed by atoms with Crippen LogP contribution in [0.25, 0.3) is 0 Å². The van der Waals surface area contributed by atoms with Gasteiger partial charge in [-0.15, -0.1) is 0 Å². The zero-order valence-electron chi connectivity index (χ0n) is 9.82. The lowest BCUT2D eigenvalue weighted by Crippen LogP contribution is -2.25. The second-order valence-electron chi connectivity index (χ2n) is 3.97. The van der Waals surface area contributed by atoms with E-state index in [9.17, 15) is 4.79 Å². The summed E-state index contributed by atoms with van der Waals surface area (Å²) in [4.78, 5) is 20.3. The van der Waals surface area contributed by atoms with Gasteiger partial charge >= 0.3 is 0 Å². The molecule has 0 aliphatic carbocycles. The standard InChI is InChI=1S/C10H17N3O3/c1-7(2)6-15-13-9(14)4-5-10-11-8(3)12-16-10/h7H,4-6H2,1-3H3,(H,13,14). The van der Waals surface area contributed by atoms with E-state index in [1.54, 1.807) is 6.92 Å². The van der Waals surface area contributed by atoms with E-state index in [4.69, 9.17) is 9.36 Å². The highest BCUT2D eigenvalue weighted by molar-refractivity contribution is 5.74. The number of carbonyl (C=O) groups excluding carboxylic acids is 1. The van der Waals surface area contributed by atoms with Crippen molar-refractivity contribution in [1.82, 2.24) is 15.6 Å². The van der Waals surface area contributed by atoms with Gasteiger partial charge in [-0.05, 0) is 12.8 Å². The van der Waals surface area contributed by atoms with E-state index in [0.29, 0.717) is 30.7 Å². The zero-order chi connectivity index (χ0) is 12.0. The average molecular weight is 227 g/mol. The molecule has 1 rings (SSSR count). The summed E-state index contributed by atoms with van der Waals surface area (Å²) in [5, 5.41) is 3.63. The largest absolute Gasteiger partial charge is 0.339 e. The van der Waals surface area contributed by atoms with Crippen LogP contribution in [0.3, 0.4) is 0 Å². The van der Waals surface area contributed by atoms with Crippen LogP contribution in [-0.4, -0.2) is 22.7 Å². The summed E-state index contributed by atoms with van der Waals surface area (Å²) in [5.74, 6) is 1.25. The molecule has 0 aliphatic heterocycles. The van der Waals surface area contributed by atoms with Crippen molar-refractivity contribution in [2.45, 2.75) is 33.6 Å². The molecular weight excluding hydrogens is 210 g/mol. The molecule has 0 radical (unpaired) electrons. The molecule has 6 heteroatoms. The number of rotatable bonds is 6. The normalized spacial score (nSPS) is 10.8. The summed E-state index contributed by atoms with van der Waals surface area (Å²) in [6.07, 6.45) is 0.706. The minimum atomic E-state index is -0.184. The molecule has 0 spiro atoms. The lowest BCUT2D eigenvalue weighted by Gasteiger charge is -2.06. The Bertz CT molecular complexity index is 336. The molecule has 0 saturated carbocycles. The minimum absolute atomic E-state index is 0.184. The summed E-state index contributed by atoms with van der Waals surface area (Å²) in [6, 6.07) is 0. The quantitative estimate of drug-likeness (QED) is 0.734. The predicted octanol–water partition coefficient (Wildman–Crippen LogP) is 1.01. The Kier molecular flexibility index (Phi) is 4.91. The van der Waals surface area contributed by atoms with Gasteiger partial charge in [0.15, 0.2) is 5.82 Å². The Hall–Kier alpha value is -1.43. The van der Waals surface area contributed by atoms with E-state index in [1.807, 2.05) is 13.8 Å². The van der Waals surface area contributed by atoms with Crippen molar-refractivity contribution in [3.8, 4) is 0 Å². The van der Waals surface area contributed by atoms with Crippen molar-refractivity contribution in [2.75, 3.05) is 6.61 Å². The third kappa shape index (κ3) is 4.88. The van der Waals surface area contributed by atoms with Crippen LogP contribution in [0, 0.1) is 12.8 Å². The molecule has 1 aromatic heterocycles. The monoisotopic (exact) mass is 227 g/mol. The molecule has 0 saturated heterocycles. The third-order valence-electron chi connectivity index (χ3n) is 1.74. The predicted molar refractivity (Wildman–Crippen MR) is 56.3 cm³/mol. The number of aryl methyl sites for hydroxylation is 2. The summed E-state index contributed by atoms with van der Waals surface area (Å²) < 4.78 is 4.88. The van der Waals surface area contributed by atoms with E-state index in [-0.39, 0.29) is 12.3 Å². The zero-order valence-corrected chi connectivity index (χ0v) is 9.82. The fourth-order valence-corrected chi connectivity index (χ4v) is 1.00. The molecule has 0 bridgehead atoms. The maximum Gasteiger partial charge on any atom is 0.244 e. The van der Waals surface area contributed by atoms with Crippen LogP contribution in [0.1, 0.15) is 32.0 Å². The molecule has 1 amide bonds. The van der Waals surface area contributed by atoms with Crippen molar-refractivity contribution >= 4 is 5.91 Å². The molecule has 1 N–H and O–H groups in total. The second kappa shape index (κ2) is 6.22. The fraction of sp³-hybridized carbons (Fsp3) is 0.700. The Morgan fingerprint density at radius 3 is 2.88 bits per heavy atom. The van der Waals surface area contributed by atoms with E-state index in [0.717, 1.165) is 0 Å². The fourth-order valence-electron chi connectivity index (χ4n) is 1.00. The maximum atomic E-state index is 11.3. The Morgan fingerprint density at radius 1 is 1.56 bits per heavy atom. The molecule has 0 unspecified atom stereocenters. The van der Waals surface area contributed by atoms with E-state index in [2.05, 4.69) is 15.6 Å². The van der Waals surface area contributed by atoms with Gasteiger partial charge in [-0.3, -0.25) is 9.63 Å². The topological polar surface area (TPSA) is 77.2 Å². The van der Waals surface area contributed by atoms with Crippen LogP contribution in [0.15, 0.2) is 4.52 Å². The first kappa shape index (κ1) is 12.6. The van der Waals surface area contributed by atoms with Gasteiger partial charge in [-0.25, -0.2) is 5.48 Å². The van der Waals surface area contributed by atoms with Crippen LogP contribution >= 0.6 is 0 Å². The van der Waals surface area contributed by atoms with Crippen LogP contribution in [0.5, 0.6) is 0 Å². The van der Waals surface area contributed by atoms with Gasteiger partial charge in [0.25, 0.3) is 0 Å². The summed E-state index contributed by atoms with van der Waals surface area (Å²) in [5.41, 5.74) is 2.36. The molecular formula is C10H17N3O3. The van der Waals surface area contributed by atoms with Gasteiger partial charge in [0.05, 0.1) is 6.61 Å². The van der Waals surface area contributed by atoms with E-state index < -0.39 is 0 Å². The van der Waals surface area contributed by atoms with E-state index in [1.165, 1.54) is 0 Å². The van der Waals surface area contributed by atoms with Gasteiger partial charge in [-0.2, -0.15) is 4.98 Å². The van der Waals surface area contributed by atoms with Crippen molar-refractivity contribution in [2.24, 2.45) is 5.92 Å². The Morgan fingerprint density at radius 2 is 2.31 bits per heavy atom. The number of nitrogens with one attached hydrogen (secondary N) is 1. The number of nitrogens with zero attached hydrogens (tertiary/aromatic N) is 2. The van der Waals surface area contributed by atoms with Crippen molar-refractivity contribution in [3.05, 3.63) is 11.7 Å². The smallest absolute Gasteiger partial charge is 0.244 e. The number of hydrogen-bond acceptors (Lipinski definition) is 5. The third-order valence-corrected chi connectivity index (χ3v) is 1.74. The lowest BCUT2D eigenvalue weighted by molar-refractivity contribution is -0.134. The van der Waals surface area contributed by atoms with Crippen molar-refractivity contribution < 1.29 is 14.2 Å². The lowest BCUT2D eigenvalue weighted by atomic mass is 10.2. The molecule has 90 valence electrons. The van der Waals surface area contributed by atoms with Crippen LogP contribution in [0.2, 0.25) is 0 Å². The highest BCUT2D eigenvalue weighted by atomic mass is 16.6. The molecule has 6 nitrogen and oxygen atoms in total. The van der Waals surface area contributed by atoms with Crippen LogP contribution < -0.4 is 5.48 Å². The Balaban J connectivity index is 2.15. The first-order chi connectivity index (χ1) is 7.58. The number of hydrogen-bond donors (Lipinski definition) is 1. The molecule has 0 atom stereocenters. The molecule has 0 aromatic carbocycles. The minimum Gasteiger partial charge on any atom is -0.339 e. The van der Waals surface area contributed by atoms with Crippen LogP contribution in [-0.2, 0) is 16.1 Å². The first-order valence-electron chi connectivity index (χ1n) is 5.27. The molecule has 0 fully saturated rings. The number of aromatic nitrogens is 2. The maximum absolute atomic E-state index is 11.3. The SMILES string of the molecule is Cc1noc(CCC(=O)NOCC(C)C)n1. The number of carbonyl (C=O) groups is 1. The first-order valence-corrected chi connectivity index (χ1v) is 5.27. The Labute approximate surface area is 94.3 Å². The van der Waals surface area contributed by atoms with Crippen molar-refractivity contribution in [1.29, 1.82) is 0 Å². The van der Waals surface area contributed by atoms with Crippen molar-refractivity contribution in [3.63, 3.8) is 0 Å². The van der Waals surface area contributed by atoms with Gasteiger partial charge in [-0.1, -0.05) is 19.0 Å². The van der Waals surface area contributed by atoms with Gasteiger partial charge in [0, 0.05) is 12.8 Å². The summed E-state index contributed by atoms with van der Waals surface area (Å²) in [7, 11) is 0. The highest BCUT2D eigenvalue weighted by Crippen LogP contribution is 2.00. The molecule has 1 heterocycles. The van der Waals surface area contributed by atoms with Gasteiger partial charge in [0.1, 0.15) is 0 Å². The molecule has 0 aliphatic rings. The second-order valence-corrected chi connectivity index (χ2v) is 3.97. The number of amides is 1. The molecule has 1 aromatic rings. The van der Waals surface area contributed by atoms with E-state index >= 15 is 0 Å². The summed E-state index contributed by atoms with van der Waals surface area (Å²) >= 11 is 0. The van der Waals surface area contributed by atoms with Gasteiger partial charge < -0.3 is 4.52 Å². The summed E-state index contributed by atoms with van der Waals surface area (Å²) in [6.45, 7) is 6.25. The number of hydroxylamine groups is 1.